The lowest BCUT2D eigenvalue weighted by Gasteiger charge is -2.24. The Labute approximate surface area is 162 Å². The zero-order chi connectivity index (χ0) is 20.8. The Bertz CT molecular complexity index is 416. The number of aliphatic hydroxyl groups is 1. The van der Waals surface area contributed by atoms with Gasteiger partial charge >= 0.3 is 5.97 Å². The second-order valence-corrected chi connectivity index (χ2v) is 8.41. The van der Waals surface area contributed by atoms with Gasteiger partial charge < -0.3 is 9.84 Å². The zero-order valence-corrected chi connectivity index (χ0v) is 18.0. The highest BCUT2D eigenvalue weighted by molar-refractivity contribution is 5.81. The number of allylic oxidation sites excluding steroid dienone is 2. The van der Waals surface area contributed by atoms with Gasteiger partial charge in [0.15, 0.2) is 0 Å². The van der Waals surface area contributed by atoms with E-state index in [2.05, 4.69) is 33.6 Å². The standard InChI is InChI=1S/C13H22O2.C10H20O/c1-6-11(3)9-8-10-13(4,5)15-12(14)7-2;1-5-9(2)7-6-8-10(3,4)11/h6-7,11H,1-2,8-10H2,3-5H3;5,9,11H,1,6-8H2,2-4H3. The molecule has 0 saturated heterocycles. The first-order valence-corrected chi connectivity index (χ1v) is 9.69. The molecule has 0 aromatic heterocycles. The molecule has 0 heterocycles. The molecule has 0 fully saturated rings. The van der Waals surface area contributed by atoms with Gasteiger partial charge in [-0.2, -0.15) is 0 Å². The highest BCUT2D eigenvalue weighted by Crippen LogP contribution is 2.20. The molecular formula is C23H42O3. The van der Waals surface area contributed by atoms with Gasteiger partial charge in [0.05, 0.1) is 5.60 Å². The fraction of sp³-hybridized carbons (Fsp3) is 0.696. The Balaban J connectivity index is 0. The molecule has 0 saturated carbocycles. The average molecular weight is 367 g/mol. The van der Waals surface area contributed by atoms with Gasteiger partial charge in [0.1, 0.15) is 5.60 Å². The predicted molar refractivity (Wildman–Crippen MR) is 113 cm³/mol. The molecule has 2 unspecified atom stereocenters. The van der Waals surface area contributed by atoms with Crippen LogP contribution in [0, 0.1) is 11.8 Å². The van der Waals surface area contributed by atoms with Gasteiger partial charge in [-0.05, 0) is 71.6 Å². The molecule has 152 valence electrons. The largest absolute Gasteiger partial charge is 0.457 e. The molecule has 3 heteroatoms. The lowest BCUT2D eigenvalue weighted by Crippen LogP contribution is -2.27. The number of rotatable bonds is 12. The van der Waals surface area contributed by atoms with Crippen LogP contribution in [0.1, 0.15) is 80.1 Å². The van der Waals surface area contributed by atoms with Crippen molar-refractivity contribution in [1.29, 1.82) is 0 Å². The minimum absolute atomic E-state index is 0.350. The highest BCUT2D eigenvalue weighted by atomic mass is 16.6. The second-order valence-electron chi connectivity index (χ2n) is 8.41. The normalized spacial score (nSPS) is 13.7. The Morgan fingerprint density at radius 3 is 1.73 bits per heavy atom. The van der Waals surface area contributed by atoms with Crippen LogP contribution in [0.3, 0.4) is 0 Å². The number of hydrogen-bond donors (Lipinski definition) is 1. The van der Waals surface area contributed by atoms with Crippen molar-refractivity contribution in [2.45, 2.75) is 91.3 Å². The Morgan fingerprint density at radius 1 is 0.962 bits per heavy atom. The van der Waals surface area contributed by atoms with E-state index in [9.17, 15) is 9.90 Å². The van der Waals surface area contributed by atoms with E-state index >= 15 is 0 Å². The van der Waals surface area contributed by atoms with Gasteiger partial charge in [0, 0.05) is 6.08 Å². The summed E-state index contributed by atoms with van der Waals surface area (Å²) in [6.07, 6.45) is 11.2. The van der Waals surface area contributed by atoms with E-state index in [0.29, 0.717) is 11.8 Å². The summed E-state index contributed by atoms with van der Waals surface area (Å²) in [4.78, 5) is 11.0. The molecule has 3 nitrogen and oxygen atoms in total. The van der Waals surface area contributed by atoms with E-state index in [4.69, 9.17) is 4.74 Å². The zero-order valence-electron chi connectivity index (χ0n) is 18.0. The summed E-state index contributed by atoms with van der Waals surface area (Å²) in [6.45, 7) is 22.7. The molecular weight excluding hydrogens is 324 g/mol. The van der Waals surface area contributed by atoms with E-state index in [1.807, 2.05) is 39.8 Å². The first-order chi connectivity index (χ1) is 11.9. The maximum Gasteiger partial charge on any atom is 0.330 e. The van der Waals surface area contributed by atoms with Crippen LogP contribution in [0.4, 0.5) is 0 Å². The van der Waals surface area contributed by atoms with E-state index in [-0.39, 0.29) is 5.97 Å². The Hall–Kier alpha value is -1.35. The molecule has 0 aliphatic rings. The number of ether oxygens (including phenoxy) is 1. The van der Waals surface area contributed by atoms with Crippen molar-refractivity contribution in [3.05, 3.63) is 38.0 Å². The van der Waals surface area contributed by atoms with Gasteiger partial charge in [0.25, 0.3) is 0 Å². The molecule has 2 atom stereocenters. The van der Waals surface area contributed by atoms with Crippen molar-refractivity contribution in [2.75, 3.05) is 0 Å². The molecule has 0 aromatic carbocycles. The fourth-order valence-electron chi connectivity index (χ4n) is 2.31. The number of carbonyl (C=O) groups is 1. The van der Waals surface area contributed by atoms with Gasteiger partial charge in [0.2, 0.25) is 0 Å². The van der Waals surface area contributed by atoms with Crippen molar-refractivity contribution >= 4 is 5.97 Å². The topological polar surface area (TPSA) is 46.5 Å². The highest BCUT2D eigenvalue weighted by Gasteiger charge is 2.21. The summed E-state index contributed by atoms with van der Waals surface area (Å²) in [5.74, 6) is 0.755. The third-order valence-corrected chi connectivity index (χ3v) is 4.23. The van der Waals surface area contributed by atoms with Crippen molar-refractivity contribution in [3.63, 3.8) is 0 Å². The quantitative estimate of drug-likeness (QED) is 0.253. The maximum atomic E-state index is 11.0. The minimum Gasteiger partial charge on any atom is -0.457 e. The molecule has 0 aliphatic carbocycles. The van der Waals surface area contributed by atoms with Gasteiger partial charge in [-0.3, -0.25) is 0 Å². The SMILES string of the molecule is C=CC(=O)OC(C)(C)CCCC(C)C=C.C=CC(C)CCCC(C)(C)O. The van der Waals surface area contributed by atoms with Crippen molar-refractivity contribution in [1.82, 2.24) is 0 Å². The van der Waals surface area contributed by atoms with E-state index < -0.39 is 11.2 Å². The summed E-state index contributed by atoms with van der Waals surface area (Å²) >= 11 is 0. The lowest BCUT2D eigenvalue weighted by molar-refractivity contribution is -0.150. The molecule has 0 bridgehead atoms. The molecule has 1 N–H and O–H groups in total. The van der Waals surface area contributed by atoms with Crippen LogP contribution >= 0.6 is 0 Å². The fourth-order valence-corrected chi connectivity index (χ4v) is 2.31. The average Bonchev–Trinajstić information content (AvgIpc) is 2.53. The maximum absolute atomic E-state index is 11.0. The summed E-state index contributed by atoms with van der Waals surface area (Å²) in [5, 5.41) is 9.38. The number of esters is 1. The van der Waals surface area contributed by atoms with Gasteiger partial charge in [-0.1, -0.05) is 39.0 Å². The molecule has 0 aromatic rings. The molecule has 0 radical (unpaired) electrons. The van der Waals surface area contributed by atoms with Gasteiger partial charge in [-0.15, -0.1) is 13.2 Å². The summed E-state index contributed by atoms with van der Waals surface area (Å²) in [6, 6.07) is 0. The first kappa shape index (κ1) is 26.9. The van der Waals surface area contributed by atoms with Crippen LogP contribution in [0.5, 0.6) is 0 Å². The van der Waals surface area contributed by atoms with Crippen LogP contribution in [-0.2, 0) is 9.53 Å². The molecule has 0 spiro atoms. The van der Waals surface area contributed by atoms with E-state index in [1.165, 1.54) is 6.08 Å². The number of carbonyl (C=O) groups excluding carboxylic acids is 1. The predicted octanol–water partition coefficient (Wildman–Crippen LogP) is 6.24. The summed E-state index contributed by atoms with van der Waals surface area (Å²) in [5.41, 5.74) is -0.896. The van der Waals surface area contributed by atoms with E-state index in [1.54, 1.807) is 0 Å². The van der Waals surface area contributed by atoms with Crippen molar-refractivity contribution in [2.24, 2.45) is 11.8 Å². The Morgan fingerprint density at radius 2 is 1.38 bits per heavy atom. The second kappa shape index (κ2) is 13.8. The number of hydrogen-bond acceptors (Lipinski definition) is 3. The van der Waals surface area contributed by atoms with Crippen LogP contribution in [-0.4, -0.2) is 22.3 Å². The smallest absolute Gasteiger partial charge is 0.330 e. The van der Waals surface area contributed by atoms with Crippen LogP contribution in [0.2, 0.25) is 0 Å². The molecule has 0 aliphatic heterocycles. The summed E-state index contributed by atoms with van der Waals surface area (Å²) in [7, 11) is 0. The van der Waals surface area contributed by atoms with Crippen LogP contribution in [0.15, 0.2) is 38.0 Å². The van der Waals surface area contributed by atoms with Gasteiger partial charge in [-0.25, -0.2) is 4.79 Å². The monoisotopic (exact) mass is 366 g/mol. The summed E-state index contributed by atoms with van der Waals surface area (Å²) < 4.78 is 5.22. The lowest BCUT2D eigenvalue weighted by atomic mass is 9.97. The molecule has 0 rings (SSSR count). The van der Waals surface area contributed by atoms with E-state index in [0.717, 1.165) is 38.5 Å². The van der Waals surface area contributed by atoms with Crippen LogP contribution < -0.4 is 0 Å². The molecule has 0 amide bonds. The third-order valence-electron chi connectivity index (χ3n) is 4.23. The third kappa shape index (κ3) is 19.0. The van der Waals surface area contributed by atoms with Crippen molar-refractivity contribution < 1.29 is 14.6 Å². The Kier molecular flexibility index (Phi) is 14.3. The molecule has 26 heavy (non-hydrogen) atoms. The van der Waals surface area contributed by atoms with Crippen molar-refractivity contribution in [3.8, 4) is 0 Å². The minimum atomic E-state index is -0.499. The first-order valence-electron chi connectivity index (χ1n) is 9.69. The van der Waals surface area contributed by atoms with Crippen LogP contribution in [0.25, 0.3) is 0 Å².